The lowest BCUT2D eigenvalue weighted by molar-refractivity contribution is 1.33. The van der Waals surface area contributed by atoms with Gasteiger partial charge >= 0.3 is 0 Å². The van der Waals surface area contributed by atoms with Crippen LogP contribution in [0, 0.1) is 0 Å². The number of aromatic nitrogens is 1. The Balaban J connectivity index is 2.51. The van der Waals surface area contributed by atoms with Crippen LogP contribution in [-0.2, 0) is 0 Å². The maximum atomic E-state index is 5.97. The Morgan fingerprint density at radius 3 is 2.50 bits per heavy atom. The normalized spacial score (nSPS) is 10.1. The van der Waals surface area contributed by atoms with Gasteiger partial charge in [0, 0.05) is 18.0 Å². The van der Waals surface area contributed by atoms with Gasteiger partial charge in [0.05, 0.1) is 0 Å². The fraction of sp³-hybridized carbons (Fsp3) is 0. The summed E-state index contributed by atoms with van der Waals surface area (Å²) in [5.74, 6) is 0. The standard InChI is InChI=1S/C9H6ClNS/c10-9-8(3-6-12-9)7-1-4-11-5-2-7/h1-6H. The van der Waals surface area contributed by atoms with E-state index in [1.807, 2.05) is 23.6 Å². The third kappa shape index (κ3) is 1.36. The van der Waals surface area contributed by atoms with Gasteiger partial charge in [-0.3, -0.25) is 4.98 Å². The van der Waals surface area contributed by atoms with E-state index in [0.717, 1.165) is 15.5 Å². The summed E-state index contributed by atoms with van der Waals surface area (Å²) in [7, 11) is 0. The second-order valence-corrected chi connectivity index (χ2v) is 3.86. The smallest absolute Gasteiger partial charge is 0.101 e. The van der Waals surface area contributed by atoms with Crippen LogP contribution in [0.15, 0.2) is 36.0 Å². The van der Waals surface area contributed by atoms with Gasteiger partial charge in [0.15, 0.2) is 0 Å². The van der Waals surface area contributed by atoms with Gasteiger partial charge in [-0.2, -0.15) is 0 Å². The zero-order chi connectivity index (χ0) is 8.39. The Bertz CT molecular complexity index is 369. The molecule has 0 radical (unpaired) electrons. The van der Waals surface area contributed by atoms with Crippen molar-refractivity contribution in [2.75, 3.05) is 0 Å². The van der Waals surface area contributed by atoms with E-state index in [-0.39, 0.29) is 0 Å². The van der Waals surface area contributed by atoms with Crippen molar-refractivity contribution >= 4 is 22.9 Å². The molecule has 2 heterocycles. The van der Waals surface area contributed by atoms with Crippen molar-refractivity contribution in [2.24, 2.45) is 0 Å². The summed E-state index contributed by atoms with van der Waals surface area (Å²) in [4.78, 5) is 3.95. The van der Waals surface area contributed by atoms with Crippen molar-refractivity contribution in [3.05, 3.63) is 40.3 Å². The van der Waals surface area contributed by atoms with Crippen molar-refractivity contribution < 1.29 is 0 Å². The molecule has 2 rings (SSSR count). The lowest BCUT2D eigenvalue weighted by atomic mass is 10.1. The quantitative estimate of drug-likeness (QED) is 0.679. The van der Waals surface area contributed by atoms with Crippen LogP contribution in [0.25, 0.3) is 11.1 Å². The molecule has 2 aromatic heterocycles. The average molecular weight is 196 g/mol. The molecule has 0 atom stereocenters. The number of hydrogen-bond acceptors (Lipinski definition) is 2. The van der Waals surface area contributed by atoms with Gasteiger partial charge in [-0.05, 0) is 29.1 Å². The molecule has 0 unspecified atom stereocenters. The van der Waals surface area contributed by atoms with Gasteiger partial charge in [-0.1, -0.05) is 11.6 Å². The molecule has 0 aromatic carbocycles. The average Bonchev–Trinajstić information content (AvgIpc) is 2.53. The third-order valence-electron chi connectivity index (χ3n) is 1.61. The van der Waals surface area contributed by atoms with Crippen molar-refractivity contribution in [1.29, 1.82) is 0 Å². The maximum Gasteiger partial charge on any atom is 0.101 e. The van der Waals surface area contributed by atoms with E-state index in [4.69, 9.17) is 11.6 Å². The number of thiophene rings is 1. The highest BCUT2D eigenvalue weighted by Gasteiger charge is 2.02. The second kappa shape index (κ2) is 3.25. The van der Waals surface area contributed by atoms with E-state index in [1.54, 1.807) is 23.7 Å². The van der Waals surface area contributed by atoms with E-state index < -0.39 is 0 Å². The highest BCUT2D eigenvalue weighted by atomic mass is 35.5. The Hall–Kier alpha value is -0.860. The summed E-state index contributed by atoms with van der Waals surface area (Å²) in [5, 5.41) is 1.98. The minimum atomic E-state index is 0.834. The molecule has 0 aliphatic rings. The van der Waals surface area contributed by atoms with Crippen LogP contribution >= 0.6 is 22.9 Å². The molecule has 0 bridgehead atoms. The molecule has 12 heavy (non-hydrogen) atoms. The van der Waals surface area contributed by atoms with Crippen LogP contribution in [0.3, 0.4) is 0 Å². The largest absolute Gasteiger partial charge is 0.265 e. The van der Waals surface area contributed by atoms with Gasteiger partial charge in [0.25, 0.3) is 0 Å². The zero-order valence-corrected chi connectivity index (χ0v) is 7.77. The highest BCUT2D eigenvalue weighted by Crippen LogP contribution is 2.31. The van der Waals surface area contributed by atoms with Crippen LogP contribution in [0.5, 0.6) is 0 Å². The summed E-state index contributed by atoms with van der Waals surface area (Å²) in [6.45, 7) is 0. The van der Waals surface area contributed by atoms with Gasteiger partial charge in [-0.15, -0.1) is 11.3 Å². The Kier molecular flexibility index (Phi) is 2.11. The molecule has 0 aliphatic carbocycles. The first-order valence-electron chi connectivity index (χ1n) is 3.51. The lowest BCUT2D eigenvalue weighted by Crippen LogP contribution is -1.74. The molecular weight excluding hydrogens is 190 g/mol. The predicted octanol–water partition coefficient (Wildman–Crippen LogP) is 3.46. The number of halogens is 1. The minimum Gasteiger partial charge on any atom is -0.265 e. The Morgan fingerprint density at radius 1 is 1.17 bits per heavy atom. The first-order valence-corrected chi connectivity index (χ1v) is 4.77. The van der Waals surface area contributed by atoms with Crippen LogP contribution in [-0.4, -0.2) is 4.98 Å². The van der Waals surface area contributed by atoms with Crippen molar-refractivity contribution in [1.82, 2.24) is 4.98 Å². The molecule has 1 nitrogen and oxygen atoms in total. The summed E-state index contributed by atoms with van der Waals surface area (Å²) in [5.41, 5.74) is 2.21. The number of hydrogen-bond donors (Lipinski definition) is 0. The maximum absolute atomic E-state index is 5.97. The Morgan fingerprint density at radius 2 is 1.92 bits per heavy atom. The van der Waals surface area contributed by atoms with E-state index in [0.29, 0.717) is 0 Å². The van der Waals surface area contributed by atoms with Crippen LogP contribution in [0.1, 0.15) is 0 Å². The molecule has 0 spiro atoms. The molecule has 0 fully saturated rings. The van der Waals surface area contributed by atoms with Crippen molar-refractivity contribution in [3.63, 3.8) is 0 Å². The Labute approximate surface area is 79.7 Å². The molecule has 0 aliphatic heterocycles. The monoisotopic (exact) mass is 195 g/mol. The van der Waals surface area contributed by atoms with Gasteiger partial charge < -0.3 is 0 Å². The first kappa shape index (κ1) is 7.77. The van der Waals surface area contributed by atoms with E-state index in [1.165, 1.54) is 0 Å². The van der Waals surface area contributed by atoms with Crippen LogP contribution in [0.2, 0.25) is 4.34 Å². The summed E-state index contributed by atoms with van der Waals surface area (Å²) in [6, 6.07) is 5.92. The summed E-state index contributed by atoms with van der Waals surface area (Å²) < 4.78 is 0.834. The fourth-order valence-electron chi connectivity index (χ4n) is 1.03. The van der Waals surface area contributed by atoms with E-state index in [9.17, 15) is 0 Å². The zero-order valence-electron chi connectivity index (χ0n) is 6.20. The first-order chi connectivity index (χ1) is 5.88. The number of nitrogens with zero attached hydrogens (tertiary/aromatic N) is 1. The summed E-state index contributed by atoms with van der Waals surface area (Å²) >= 11 is 7.52. The second-order valence-electron chi connectivity index (χ2n) is 2.34. The molecule has 0 saturated carbocycles. The van der Waals surface area contributed by atoms with E-state index in [2.05, 4.69) is 4.98 Å². The molecule has 0 amide bonds. The summed E-state index contributed by atoms with van der Waals surface area (Å²) in [6.07, 6.45) is 3.53. The third-order valence-corrected chi connectivity index (χ3v) is 2.78. The van der Waals surface area contributed by atoms with Gasteiger partial charge in [0.1, 0.15) is 4.34 Å². The number of pyridine rings is 1. The topological polar surface area (TPSA) is 12.9 Å². The molecule has 2 aromatic rings. The lowest BCUT2D eigenvalue weighted by Gasteiger charge is -1.95. The highest BCUT2D eigenvalue weighted by molar-refractivity contribution is 7.15. The molecule has 3 heteroatoms. The van der Waals surface area contributed by atoms with E-state index >= 15 is 0 Å². The number of rotatable bonds is 1. The minimum absolute atomic E-state index is 0.834. The molecule has 0 saturated heterocycles. The van der Waals surface area contributed by atoms with Crippen molar-refractivity contribution in [3.8, 4) is 11.1 Å². The fourth-order valence-corrected chi connectivity index (χ4v) is 1.99. The van der Waals surface area contributed by atoms with Gasteiger partial charge in [-0.25, -0.2) is 0 Å². The molecule has 0 N–H and O–H groups in total. The van der Waals surface area contributed by atoms with Crippen molar-refractivity contribution in [2.45, 2.75) is 0 Å². The predicted molar refractivity (Wildman–Crippen MR) is 52.6 cm³/mol. The SMILES string of the molecule is Clc1sccc1-c1ccncc1. The molecular formula is C9H6ClNS. The van der Waals surface area contributed by atoms with Crippen LogP contribution < -0.4 is 0 Å². The molecule has 60 valence electrons. The van der Waals surface area contributed by atoms with Crippen LogP contribution in [0.4, 0.5) is 0 Å². The van der Waals surface area contributed by atoms with Gasteiger partial charge in [0.2, 0.25) is 0 Å².